The lowest BCUT2D eigenvalue weighted by Gasteiger charge is -2.28. The fourth-order valence-electron chi connectivity index (χ4n) is 2.89. The van der Waals surface area contributed by atoms with Crippen molar-refractivity contribution in [1.82, 2.24) is 9.97 Å². The standard InChI is InChI=1S/C20H21N5O/c1-2-4-16(5-3-1)23-19-14-20(22-15-21-19)24-17-6-8-18(9-7-17)25-10-12-26-13-11-25/h1-9,14-15H,10-13H2,(H2,21,22,23,24). The Morgan fingerprint density at radius 1 is 0.769 bits per heavy atom. The molecular weight excluding hydrogens is 326 g/mol. The van der Waals surface area contributed by atoms with Crippen molar-refractivity contribution in [3.63, 3.8) is 0 Å². The van der Waals surface area contributed by atoms with E-state index in [4.69, 9.17) is 4.74 Å². The van der Waals surface area contributed by atoms with Crippen LogP contribution in [0.25, 0.3) is 0 Å². The van der Waals surface area contributed by atoms with Gasteiger partial charge in [0.1, 0.15) is 18.0 Å². The number of morpholine rings is 1. The van der Waals surface area contributed by atoms with Gasteiger partial charge in [-0.1, -0.05) is 18.2 Å². The molecule has 1 aromatic heterocycles. The van der Waals surface area contributed by atoms with Crippen LogP contribution in [0.15, 0.2) is 67.0 Å². The summed E-state index contributed by atoms with van der Waals surface area (Å²) in [6.07, 6.45) is 1.55. The predicted octanol–water partition coefficient (Wildman–Crippen LogP) is 3.80. The van der Waals surface area contributed by atoms with Gasteiger partial charge in [0.15, 0.2) is 0 Å². The highest BCUT2D eigenvalue weighted by atomic mass is 16.5. The largest absolute Gasteiger partial charge is 0.378 e. The highest BCUT2D eigenvalue weighted by Crippen LogP contribution is 2.22. The number of hydrogen-bond acceptors (Lipinski definition) is 6. The van der Waals surface area contributed by atoms with Crippen LogP contribution in [0.4, 0.5) is 28.7 Å². The minimum atomic E-state index is 0.748. The molecule has 0 unspecified atom stereocenters. The van der Waals surface area contributed by atoms with E-state index in [9.17, 15) is 0 Å². The third-order valence-electron chi connectivity index (χ3n) is 4.23. The summed E-state index contributed by atoms with van der Waals surface area (Å²) in [5, 5.41) is 6.60. The normalized spacial score (nSPS) is 14.1. The van der Waals surface area contributed by atoms with E-state index in [2.05, 4.69) is 49.8 Å². The van der Waals surface area contributed by atoms with Gasteiger partial charge in [-0.3, -0.25) is 0 Å². The summed E-state index contributed by atoms with van der Waals surface area (Å²) in [6.45, 7) is 3.46. The Kier molecular flexibility index (Phi) is 4.93. The van der Waals surface area contributed by atoms with E-state index >= 15 is 0 Å². The molecule has 1 aliphatic heterocycles. The summed E-state index contributed by atoms with van der Waals surface area (Å²) in [5.74, 6) is 1.50. The minimum absolute atomic E-state index is 0.748. The van der Waals surface area contributed by atoms with Crippen LogP contribution in [0, 0.1) is 0 Å². The van der Waals surface area contributed by atoms with Gasteiger partial charge in [0.2, 0.25) is 0 Å². The van der Waals surface area contributed by atoms with Gasteiger partial charge in [-0.25, -0.2) is 9.97 Å². The van der Waals surface area contributed by atoms with Crippen LogP contribution in [0.2, 0.25) is 0 Å². The average Bonchev–Trinajstić information content (AvgIpc) is 2.70. The van der Waals surface area contributed by atoms with Gasteiger partial charge in [0, 0.05) is 36.2 Å². The number of aromatic nitrogens is 2. The fourth-order valence-corrected chi connectivity index (χ4v) is 2.89. The van der Waals surface area contributed by atoms with Crippen molar-refractivity contribution in [2.75, 3.05) is 41.8 Å². The molecule has 2 aromatic carbocycles. The van der Waals surface area contributed by atoms with Gasteiger partial charge in [0.05, 0.1) is 13.2 Å². The van der Waals surface area contributed by atoms with E-state index in [1.807, 2.05) is 36.4 Å². The van der Waals surface area contributed by atoms with E-state index in [-0.39, 0.29) is 0 Å². The summed E-state index contributed by atoms with van der Waals surface area (Å²) in [4.78, 5) is 10.9. The van der Waals surface area contributed by atoms with Crippen LogP contribution in [0.3, 0.4) is 0 Å². The van der Waals surface area contributed by atoms with Crippen molar-refractivity contribution in [3.8, 4) is 0 Å². The molecule has 26 heavy (non-hydrogen) atoms. The van der Waals surface area contributed by atoms with Gasteiger partial charge < -0.3 is 20.3 Å². The molecule has 0 aliphatic carbocycles. The molecule has 0 saturated carbocycles. The maximum absolute atomic E-state index is 5.40. The molecule has 6 heteroatoms. The Labute approximate surface area is 152 Å². The third-order valence-corrected chi connectivity index (χ3v) is 4.23. The third kappa shape index (κ3) is 4.10. The molecular formula is C20H21N5O. The molecule has 6 nitrogen and oxygen atoms in total. The summed E-state index contributed by atoms with van der Waals surface area (Å²) >= 11 is 0. The quantitative estimate of drug-likeness (QED) is 0.732. The zero-order valence-corrected chi connectivity index (χ0v) is 14.4. The Morgan fingerprint density at radius 2 is 1.38 bits per heavy atom. The number of nitrogens with zero attached hydrogens (tertiary/aromatic N) is 3. The first-order valence-electron chi connectivity index (χ1n) is 8.71. The lowest BCUT2D eigenvalue weighted by atomic mass is 10.2. The Morgan fingerprint density at radius 3 is 2.04 bits per heavy atom. The van der Waals surface area contributed by atoms with Gasteiger partial charge in [0.25, 0.3) is 0 Å². The molecule has 2 N–H and O–H groups in total. The van der Waals surface area contributed by atoms with Crippen LogP contribution in [-0.4, -0.2) is 36.3 Å². The second-order valence-corrected chi connectivity index (χ2v) is 6.05. The molecule has 1 aliphatic rings. The molecule has 4 rings (SSSR count). The van der Waals surface area contributed by atoms with Crippen molar-refractivity contribution in [2.45, 2.75) is 0 Å². The van der Waals surface area contributed by atoms with Crippen molar-refractivity contribution >= 4 is 28.7 Å². The van der Waals surface area contributed by atoms with Gasteiger partial charge in [-0.05, 0) is 36.4 Å². The molecule has 0 amide bonds. The van der Waals surface area contributed by atoms with Crippen LogP contribution < -0.4 is 15.5 Å². The summed E-state index contributed by atoms with van der Waals surface area (Å²) < 4.78 is 5.40. The first kappa shape index (κ1) is 16.4. The Balaban J connectivity index is 1.43. The lowest BCUT2D eigenvalue weighted by Crippen LogP contribution is -2.36. The van der Waals surface area contributed by atoms with E-state index in [1.165, 1.54) is 5.69 Å². The van der Waals surface area contributed by atoms with E-state index in [0.29, 0.717) is 0 Å². The SMILES string of the molecule is c1ccc(Nc2cc(Nc3ccc(N4CCOCC4)cc3)ncn2)cc1. The second-order valence-electron chi connectivity index (χ2n) is 6.05. The number of benzene rings is 2. The summed E-state index contributed by atoms with van der Waals surface area (Å²) in [7, 11) is 0. The highest BCUT2D eigenvalue weighted by Gasteiger charge is 2.10. The van der Waals surface area contributed by atoms with Crippen LogP contribution in [0.5, 0.6) is 0 Å². The van der Waals surface area contributed by atoms with E-state index in [0.717, 1.165) is 49.3 Å². The maximum Gasteiger partial charge on any atom is 0.135 e. The molecule has 0 atom stereocenters. The van der Waals surface area contributed by atoms with Gasteiger partial charge in [-0.15, -0.1) is 0 Å². The molecule has 0 bridgehead atoms. The smallest absolute Gasteiger partial charge is 0.135 e. The van der Waals surface area contributed by atoms with Gasteiger partial charge in [-0.2, -0.15) is 0 Å². The first-order valence-corrected chi connectivity index (χ1v) is 8.71. The lowest BCUT2D eigenvalue weighted by molar-refractivity contribution is 0.122. The fraction of sp³-hybridized carbons (Fsp3) is 0.200. The van der Waals surface area contributed by atoms with E-state index in [1.54, 1.807) is 6.33 Å². The number of para-hydroxylation sites is 1. The zero-order valence-electron chi connectivity index (χ0n) is 14.4. The minimum Gasteiger partial charge on any atom is -0.378 e. The Bertz CT molecular complexity index is 832. The van der Waals surface area contributed by atoms with Crippen LogP contribution in [-0.2, 0) is 4.74 Å². The van der Waals surface area contributed by atoms with Crippen LogP contribution in [0.1, 0.15) is 0 Å². The van der Waals surface area contributed by atoms with Crippen molar-refractivity contribution in [2.24, 2.45) is 0 Å². The van der Waals surface area contributed by atoms with E-state index < -0.39 is 0 Å². The number of rotatable bonds is 5. The summed E-state index contributed by atoms with van der Waals surface area (Å²) in [6, 6.07) is 20.2. The molecule has 0 radical (unpaired) electrons. The van der Waals surface area contributed by atoms with Crippen molar-refractivity contribution < 1.29 is 4.74 Å². The Hall–Kier alpha value is -3.12. The number of nitrogens with one attached hydrogen (secondary N) is 2. The highest BCUT2D eigenvalue weighted by molar-refractivity contribution is 5.64. The maximum atomic E-state index is 5.40. The predicted molar refractivity (Wildman–Crippen MR) is 105 cm³/mol. The monoisotopic (exact) mass is 347 g/mol. The average molecular weight is 347 g/mol. The van der Waals surface area contributed by atoms with Gasteiger partial charge >= 0.3 is 0 Å². The van der Waals surface area contributed by atoms with Crippen LogP contribution >= 0.6 is 0 Å². The molecule has 1 saturated heterocycles. The number of hydrogen-bond donors (Lipinski definition) is 2. The second kappa shape index (κ2) is 7.84. The number of ether oxygens (including phenoxy) is 1. The molecule has 132 valence electrons. The van der Waals surface area contributed by atoms with Crippen molar-refractivity contribution in [3.05, 3.63) is 67.0 Å². The topological polar surface area (TPSA) is 62.3 Å². The summed E-state index contributed by atoms with van der Waals surface area (Å²) in [5.41, 5.74) is 3.20. The molecule has 2 heterocycles. The number of anilines is 5. The zero-order chi connectivity index (χ0) is 17.6. The first-order chi connectivity index (χ1) is 12.9. The van der Waals surface area contributed by atoms with Crippen molar-refractivity contribution in [1.29, 1.82) is 0 Å². The molecule has 1 fully saturated rings. The molecule has 0 spiro atoms. The molecule has 3 aromatic rings.